The molecule has 3 heterocycles. The van der Waals surface area contributed by atoms with Crippen molar-refractivity contribution in [3.8, 4) is 45.3 Å². The minimum absolute atomic E-state index is 0.640. The van der Waals surface area contributed by atoms with E-state index >= 15 is 0 Å². The van der Waals surface area contributed by atoms with Gasteiger partial charge in [-0.25, -0.2) is 9.97 Å². The highest BCUT2D eigenvalue weighted by molar-refractivity contribution is 6.12. The Morgan fingerprint density at radius 3 is 1.45 bits per heavy atom. The molecule has 58 heavy (non-hydrogen) atoms. The van der Waals surface area contributed by atoms with Crippen LogP contribution in [-0.2, 0) is 0 Å². The molecule has 0 atom stereocenters. The molecule has 0 saturated heterocycles. The van der Waals surface area contributed by atoms with Gasteiger partial charge in [-0.3, -0.25) is 4.57 Å². The molecule has 12 rings (SSSR count). The van der Waals surface area contributed by atoms with Crippen LogP contribution in [0.1, 0.15) is 0 Å². The number of hydrogen-bond acceptors (Lipinski definition) is 2. The van der Waals surface area contributed by atoms with Crippen LogP contribution in [0.5, 0.6) is 0 Å². The van der Waals surface area contributed by atoms with Crippen molar-refractivity contribution in [2.75, 3.05) is 0 Å². The van der Waals surface area contributed by atoms with Crippen LogP contribution in [-0.4, -0.2) is 19.1 Å². The first kappa shape index (κ1) is 32.4. The third-order valence-electron chi connectivity index (χ3n) is 11.7. The minimum Gasteiger partial charge on any atom is -0.309 e. The second kappa shape index (κ2) is 12.9. The maximum atomic E-state index is 5.43. The molecule has 0 radical (unpaired) electrons. The van der Waals surface area contributed by atoms with Crippen molar-refractivity contribution in [1.29, 1.82) is 0 Å². The fourth-order valence-corrected chi connectivity index (χ4v) is 9.08. The normalized spacial score (nSPS) is 11.8. The molecule has 0 aliphatic carbocycles. The predicted octanol–water partition coefficient (Wildman–Crippen LogP) is 14.0. The van der Waals surface area contributed by atoms with E-state index in [0.717, 1.165) is 66.3 Å². The Bertz CT molecular complexity index is 3470. The van der Waals surface area contributed by atoms with E-state index in [9.17, 15) is 0 Å². The number of aromatic nitrogens is 4. The Labute approximate surface area is 334 Å². The average Bonchev–Trinajstić information content (AvgIpc) is 3.81. The monoisotopic (exact) mass is 738 g/mol. The zero-order valence-electron chi connectivity index (χ0n) is 31.4. The van der Waals surface area contributed by atoms with Gasteiger partial charge in [0.25, 0.3) is 0 Å². The summed E-state index contributed by atoms with van der Waals surface area (Å²) in [6.07, 6.45) is 0. The molecule has 0 saturated carbocycles. The summed E-state index contributed by atoms with van der Waals surface area (Å²) in [6, 6.07) is 73.8. The quantitative estimate of drug-likeness (QED) is 0.176. The highest BCUT2D eigenvalue weighted by Crippen LogP contribution is 2.39. The van der Waals surface area contributed by atoms with Gasteiger partial charge < -0.3 is 4.57 Å². The maximum absolute atomic E-state index is 5.43. The lowest BCUT2D eigenvalue weighted by molar-refractivity contribution is 0.997. The molecule has 3 aromatic heterocycles. The molecule has 0 N–H and O–H groups in total. The van der Waals surface area contributed by atoms with Gasteiger partial charge in [-0.15, -0.1) is 0 Å². The van der Waals surface area contributed by atoms with E-state index in [4.69, 9.17) is 9.97 Å². The van der Waals surface area contributed by atoms with Gasteiger partial charge in [0.1, 0.15) is 0 Å². The number of rotatable bonds is 5. The SMILES string of the molecule is c1ccc(-n2c3ccccc3c3ccc(-c4ccc5c(c4)c4ccccc4n5-c4nc(-c5cccc6ccccc56)cc(-c5cccc6ccccc56)n4)cc32)cc1. The van der Waals surface area contributed by atoms with Gasteiger partial charge in [0.15, 0.2) is 0 Å². The molecule has 0 spiro atoms. The van der Waals surface area contributed by atoms with Crippen LogP contribution < -0.4 is 0 Å². The Morgan fingerprint density at radius 1 is 0.293 bits per heavy atom. The molecule has 9 aromatic carbocycles. The molecule has 0 amide bonds. The topological polar surface area (TPSA) is 35.6 Å². The molecule has 4 heteroatoms. The van der Waals surface area contributed by atoms with Gasteiger partial charge in [-0.1, -0.05) is 158 Å². The van der Waals surface area contributed by atoms with Crippen molar-refractivity contribution in [2.24, 2.45) is 0 Å². The lowest BCUT2D eigenvalue weighted by Crippen LogP contribution is -2.04. The molecule has 0 aliphatic heterocycles. The van der Waals surface area contributed by atoms with Crippen molar-refractivity contribution in [3.63, 3.8) is 0 Å². The summed E-state index contributed by atoms with van der Waals surface area (Å²) in [4.78, 5) is 10.9. The fraction of sp³-hybridized carbons (Fsp3) is 0. The molecule has 0 bridgehead atoms. The summed E-state index contributed by atoms with van der Waals surface area (Å²) in [6.45, 7) is 0. The summed E-state index contributed by atoms with van der Waals surface area (Å²) in [7, 11) is 0. The van der Waals surface area contributed by atoms with Crippen molar-refractivity contribution >= 4 is 65.2 Å². The second-order valence-corrected chi connectivity index (χ2v) is 15.0. The number of hydrogen-bond donors (Lipinski definition) is 0. The highest BCUT2D eigenvalue weighted by Gasteiger charge is 2.20. The van der Waals surface area contributed by atoms with Crippen LogP contribution in [0.25, 0.3) is 110 Å². The summed E-state index contributed by atoms with van der Waals surface area (Å²) in [5, 5.41) is 9.48. The third-order valence-corrected chi connectivity index (χ3v) is 11.7. The van der Waals surface area contributed by atoms with Gasteiger partial charge in [0.2, 0.25) is 5.95 Å². The number of nitrogens with zero attached hydrogens (tertiary/aromatic N) is 4. The van der Waals surface area contributed by atoms with Crippen molar-refractivity contribution in [2.45, 2.75) is 0 Å². The molecule has 270 valence electrons. The summed E-state index contributed by atoms with van der Waals surface area (Å²) in [5.41, 5.74) is 11.9. The standard InChI is InChI=1S/C54H34N4/c1-2-18-39(19-3-1)57-50-26-10-8-22-44(50)46-30-28-38(33-53(46)57)37-29-31-52-47(32-37)45-23-9-11-27-51(45)58(52)54-55-48(42-24-12-16-35-14-4-6-20-40(35)42)34-49(56-54)43-25-13-17-36-15-5-7-21-41(36)43/h1-34H. The zero-order valence-corrected chi connectivity index (χ0v) is 31.4. The summed E-state index contributed by atoms with van der Waals surface area (Å²) < 4.78 is 4.63. The first-order valence-corrected chi connectivity index (χ1v) is 19.7. The van der Waals surface area contributed by atoms with Gasteiger partial charge in [-0.05, 0) is 81.2 Å². The van der Waals surface area contributed by atoms with Crippen molar-refractivity contribution in [1.82, 2.24) is 19.1 Å². The van der Waals surface area contributed by atoms with E-state index in [-0.39, 0.29) is 0 Å². The summed E-state index contributed by atoms with van der Waals surface area (Å²) >= 11 is 0. The maximum Gasteiger partial charge on any atom is 0.235 e. The first-order chi connectivity index (χ1) is 28.8. The largest absolute Gasteiger partial charge is 0.309 e. The molecule has 0 aliphatic rings. The third kappa shape index (κ3) is 5.02. The van der Waals surface area contributed by atoms with Crippen LogP contribution in [0.4, 0.5) is 0 Å². The van der Waals surface area contributed by atoms with Crippen molar-refractivity contribution in [3.05, 3.63) is 206 Å². The van der Waals surface area contributed by atoms with E-state index in [2.05, 4.69) is 215 Å². The Kier molecular flexibility index (Phi) is 7.20. The van der Waals surface area contributed by atoms with E-state index in [1.54, 1.807) is 0 Å². The molecule has 4 nitrogen and oxygen atoms in total. The van der Waals surface area contributed by atoms with Crippen LogP contribution >= 0.6 is 0 Å². The fourth-order valence-electron chi connectivity index (χ4n) is 9.08. The summed E-state index contributed by atoms with van der Waals surface area (Å²) in [5.74, 6) is 0.640. The van der Waals surface area contributed by atoms with Crippen LogP contribution in [0.15, 0.2) is 206 Å². The van der Waals surface area contributed by atoms with E-state index in [1.807, 2.05) is 0 Å². The lowest BCUT2D eigenvalue weighted by Gasteiger charge is -2.14. The van der Waals surface area contributed by atoms with E-state index < -0.39 is 0 Å². The smallest absolute Gasteiger partial charge is 0.235 e. The van der Waals surface area contributed by atoms with Gasteiger partial charge in [0.05, 0.1) is 33.5 Å². The molecule has 0 unspecified atom stereocenters. The molecular weight excluding hydrogens is 705 g/mol. The Hall–Kier alpha value is -7.82. The number of fused-ring (bicyclic) bond motifs is 8. The van der Waals surface area contributed by atoms with Gasteiger partial charge >= 0.3 is 0 Å². The predicted molar refractivity (Wildman–Crippen MR) is 242 cm³/mol. The van der Waals surface area contributed by atoms with E-state index in [1.165, 1.54) is 38.1 Å². The Balaban J connectivity index is 1.09. The Morgan fingerprint density at radius 2 is 0.776 bits per heavy atom. The van der Waals surface area contributed by atoms with Gasteiger partial charge in [0, 0.05) is 38.4 Å². The average molecular weight is 739 g/mol. The molecule has 0 fully saturated rings. The minimum atomic E-state index is 0.640. The van der Waals surface area contributed by atoms with Gasteiger partial charge in [-0.2, -0.15) is 0 Å². The van der Waals surface area contributed by atoms with Crippen LogP contribution in [0.2, 0.25) is 0 Å². The van der Waals surface area contributed by atoms with Crippen molar-refractivity contribution < 1.29 is 0 Å². The highest BCUT2D eigenvalue weighted by atomic mass is 15.2. The zero-order chi connectivity index (χ0) is 38.2. The van der Waals surface area contributed by atoms with Crippen LogP contribution in [0.3, 0.4) is 0 Å². The number of benzene rings is 9. The number of para-hydroxylation sites is 3. The second-order valence-electron chi connectivity index (χ2n) is 15.0. The van der Waals surface area contributed by atoms with Crippen LogP contribution in [0, 0.1) is 0 Å². The first-order valence-electron chi connectivity index (χ1n) is 19.7. The molecular formula is C54H34N4. The molecule has 12 aromatic rings. The van der Waals surface area contributed by atoms with E-state index in [0.29, 0.717) is 5.95 Å². The lowest BCUT2D eigenvalue weighted by atomic mass is 9.99.